The first kappa shape index (κ1) is 17.3. The molecule has 2 aromatic heterocycles. The predicted molar refractivity (Wildman–Crippen MR) is 96.6 cm³/mol. The fraction of sp³-hybridized carbons (Fsp3) is 0.389. The van der Waals surface area contributed by atoms with Gasteiger partial charge in [-0.05, 0) is 37.9 Å². The van der Waals surface area contributed by atoms with Gasteiger partial charge in [-0.2, -0.15) is 0 Å². The number of morpholine rings is 1. The monoisotopic (exact) mass is 341 g/mol. The molecular weight excluding hydrogens is 318 g/mol. The Morgan fingerprint density at radius 1 is 1.24 bits per heavy atom. The van der Waals surface area contributed by atoms with E-state index in [-0.39, 0.29) is 5.91 Å². The first-order valence-electron chi connectivity index (χ1n) is 8.31. The summed E-state index contributed by atoms with van der Waals surface area (Å²) in [5.41, 5.74) is 1.88. The second-order valence-corrected chi connectivity index (χ2v) is 6.14. The van der Waals surface area contributed by atoms with Crippen LogP contribution in [0.25, 0.3) is 0 Å². The van der Waals surface area contributed by atoms with E-state index in [4.69, 9.17) is 4.74 Å². The van der Waals surface area contributed by atoms with Crippen molar-refractivity contribution >= 4 is 17.4 Å². The summed E-state index contributed by atoms with van der Waals surface area (Å²) in [6, 6.07) is 7.11. The summed E-state index contributed by atoms with van der Waals surface area (Å²) >= 11 is 0. The van der Waals surface area contributed by atoms with Gasteiger partial charge in [-0.3, -0.25) is 14.7 Å². The number of aromatic nitrogens is 2. The molecule has 132 valence electrons. The standard InChI is InChI=1S/C18H23N5O2/c1-22(2)17(14-4-3-7-19-12-14)18(24)21-16-6-5-15(13-20-16)23-8-10-25-11-9-23/h3-7,12-13,17H,8-11H2,1-2H3,(H,20,21,24)/t17-/m1/s1. The minimum Gasteiger partial charge on any atom is -0.378 e. The molecule has 7 heteroatoms. The topological polar surface area (TPSA) is 70.6 Å². The Kier molecular flexibility index (Phi) is 5.57. The van der Waals surface area contributed by atoms with Gasteiger partial charge in [0.2, 0.25) is 5.91 Å². The molecule has 1 aliphatic heterocycles. The van der Waals surface area contributed by atoms with Crippen molar-refractivity contribution in [3.8, 4) is 0 Å². The van der Waals surface area contributed by atoms with E-state index < -0.39 is 6.04 Å². The highest BCUT2D eigenvalue weighted by Gasteiger charge is 2.23. The molecule has 1 amide bonds. The summed E-state index contributed by atoms with van der Waals surface area (Å²) in [6.45, 7) is 3.18. The molecule has 3 rings (SSSR count). The van der Waals surface area contributed by atoms with Crippen LogP contribution in [0.5, 0.6) is 0 Å². The van der Waals surface area contributed by atoms with Crippen LogP contribution in [0, 0.1) is 0 Å². The van der Waals surface area contributed by atoms with Gasteiger partial charge in [-0.15, -0.1) is 0 Å². The second-order valence-electron chi connectivity index (χ2n) is 6.14. The van der Waals surface area contributed by atoms with Gasteiger partial charge in [0, 0.05) is 25.5 Å². The van der Waals surface area contributed by atoms with Crippen molar-refractivity contribution in [2.75, 3.05) is 50.6 Å². The molecule has 0 saturated carbocycles. The van der Waals surface area contributed by atoms with E-state index in [1.54, 1.807) is 18.6 Å². The Morgan fingerprint density at radius 3 is 2.64 bits per heavy atom. The lowest BCUT2D eigenvalue weighted by Crippen LogP contribution is -2.36. The molecule has 0 unspecified atom stereocenters. The molecule has 0 spiro atoms. The Hall–Kier alpha value is -2.51. The van der Waals surface area contributed by atoms with Crippen molar-refractivity contribution in [2.45, 2.75) is 6.04 Å². The fourth-order valence-electron chi connectivity index (χ4n) is 2.88. The van der Waals surface area contributed by atoms with Crippen molar-refractivity contribution in [1.29, 1.82) is 0 Å². The van der Waals surface area contributed by atoms with Gasteiger partial charge in [-0.1, -0.05) is 6.07 Å². The third kappa shape index (κ3) is 4.32. The molecule has 1 aliphatic rings. The van der Waals surface area contributed by atoms with E-state index in [1.165, 1.54) is 0 Å². The molecule has 3 heterocycles. The quantitative estimate of drug-likeness (QED) is 0.890. The van der Waals surface area contributed by atoms with E-state index in [9.17, 15) is 4.79 Å². The number of anilines is 2. The van der Waals surface area contributed by atoms with Crippen molar-refractivity contribution in [1.82, 2.24) is 14.9 Å². The first-order chi connectivity index (χ1) is 12.1. The van der Waals surface area contributed by atoms with Gasteiger partial charge >= 0.3 is 0 Å². The molecular formula is C18H23N5O2. The van der Waals surface area contributed by atoms with E-state index in [1.807, 2.05) is 43.3 Å². The molecule has 25 heavy (non-hydrogen) atoms. The lowest BCUT2D eigenvalue weighted by molar-refractivity contribution is -0.120. The number of nitrogens with zero attached hydrogens (tertiary/aromatic N) is 4. The molecule has 0 bridgehead atoms. The van der Waals surface area contributed by atoms with Crippen molar-refractivity contribution in [3.63, 3.8) is 0 Å². The minimum absolute atomic E-state index is 0.135. The number of ether oxygens (including phenoxy) is 1. The van der Waals surface area contributed by atoms with E-state index >= 15 is 0 Å². The number of carbonyl (C=O) groups is 1. The molecule has 0 aliphatic carbocycles. The van der Waals surface area contributed by atoms with Crippen LogP contribution >= 0.6 is 0 Å². The highest BCUT2D eigenvalue weighted by Crippen LogP contribution is 2.20. The molecule has 1 atom stereocenters. The second kappa shape index (κ2) is 8.04. The Bertz CT molecular complexity index is 684. The molecule has 2 aromatic rings. The van der Waals surface area contributed by atoms with E-state index in [0.717, 1.165) is 37.6 Å². The van der Waals surface area contributed by atoms with Crippen LogP contribution in [-0.2, 0) is 9.53 Å². The maximum absolute atomic E-state index is 12.7. The maximum atomic E-state index is 12.7. The third-order valence-corrected chi connectivity index (χ3v) is 4.14. The molecule has 0 aromatic carbocycles. The number of likely N-dealkylation sites (N-methyl/N-ethyl adjacent to an activating group) is 1. The van der Waals surface area contributed by atoms with Crippen molar-refractivity contribution in [3.05, 3.63) is 48.4 Å². The molecule has 7 nitrogen and oxygen atoms in total. The Morgan fingerprint density at radius 2 is 2.04 bits per heavy atom. The summed E-state index contributed by atoms with van der Waals surface area (Å²) in [5.74, 6) is 0.405. The lowest BCUT2D eigenvalue weighted by Gasteiger charge is -2.28. The van der Waals surface area contributed by atoms with Gasteiger partial charge in [0.25, 0.3) is 0 Å². The number of carbonyl (C=O) groups excluding carboxylic acids is 1. The highest BCUT2D eigenvalue weighted by atomic mass is 16.5. The Balaban J connectivity index is 1.69. The number of nitrogens with one attached hydrogen (secondary N) is 1. The number of pyridine rings is 2. The molecule has 0 radical (unpaired) electrons. The van der Waals surface area contributed by atoms with Crippen LogP contribution in [-0.4, -0.2) is 61.2 Å². The van der Waals surface area contributed by atoms with Crippen LogP contribution in [0.3, 0.4) is 0 Å². The predicted octanol–water partition coefficient (Wildman–Crippen LogP) is 1.55. The average Bonchev–Trinajstić information content (AvgIpc) is 2.64. The summed E-state index contributed by atoms with van der Waals surface area (Å²) in [4.78, 5) is 25.3. The zero-order valence-corrected chi connectivity index (χ0v) is 14.6. The molecule has 1 saturated heterocycles. The number of hydrogen-bond acceptors (Lipinski definition) is 6. The summed E-state index contributed by atoms with van der Waals surface area (Å²) < 4.78 is 5.36. The van der Waals surface area contributed by atoms with Crippen molar-refractivity contribution in [2.24, 2.45) is 0 Å². The summed E-state index contributed by atoms with van der Waals surface area (Å²) in [6.07, 6.45) is 5.19. The number of rotatable bonds is 5. The average molecular weight is 341 g/mol. The van der Waals surface area contributed by atoms with Gasteiger partial charge in [0.15, 0.2) is 0 Å². The summed E-state index contributed by atoms with van der Waals surface area (Å²) in [7, 11) is 3.73. The molecule has 1 N–H and O–H groups in total. The SMILES string of the molecule is CN(C)[C@@H](C(=O)Nc1ccc(N2CCOCC2)cn1)c1cccnc1. The number of hydrogen-bond donors (Lipinski definition) is 1. The number of amides is 1. The van der Waals surface area contributed by atoms with Crippen molar-refractivity contribution < 1.29 is 9.53 Å². The summed E-state index contributed by atoms with van der Waals surface area (Å²) in [5, 5.41) is 2.89. The first-order valence-corrected chi connectivity index (χ1v) is 8.31. The molecule has 1 fully saturated rings. The van der Waals surface area contributed by atoms with E-state index in [0.29, 0.717) is 5.82 Å². The maximum Gasteiger partial charge on any atom is 0.247 e. The lowest BCUT2D eigenvalue weighted by atomic mass is 10.1. The fourth-order valence-corrected chi connectivity index (χ4v) is 2.88. The third-order valence-electron chi connectivity index (χ3n) is 4.14. The van der Waals surface area contributed by atoms with Gasteiger partial charge < -0.3 is 15.0 Å². The largest absolute Gasteiger partial charge is 0.378 e. The van der Waals surface area contributed by atoms with E-state index in [2.05, 4.69) is 20.2 Å². The van der Waals surface area contributed by atoms with Crippen LogP contribution in [0.2, 0.25) is 0 Å². The van der Waals surface area contributed by atoms with Crippen LogP contribution in [0.15, 0.2) is 42.9 Å². The van der Waals surface area contributed by atoms with Crippen LogP contribution in [0.4, 0.5) is 11.5 Å². The minimum atomic E-state index is -0.422. The van der Waals surface area contributed by atoms with Crippen LogP contribution in [0.1, 0.15) is 11.6 Å². The van der Waals surface area contributed by atoms with Gasteiger partial charge in [0.05, 0.1) is 25.1 Å². The highest BCUT2D eigenvalue weighted by molar-refractivity contribution is 5.94. The smallest absolute Gasteiger partial charge is 0.247 e. The van der Waals surface area contributed by atoms with Gasteiger partial charge in [0.1, 0.15) is 11.9 Å². The zero-order chi connectivity index (χ0) is 17.6. The van der Waals surface area contributed by atoms with Crippen LogP contribution < -0.4 is 10.2 Å². The zero-order valence-electron chi connectivity index (χ0n) is 14.6. The normalized spacial score (nSPS) is 15.9. The van der Waals surface area contributed by atoms with Gasteiger partial charge in [-0.25, -0.2) is 4.98 Å². The Labute approximate surface area is 147 Å².